The van der Waals surface area contributed by atoms with E-state index in [0.29, 0.717) is 11.5 Å². The van der Waals surface area contributed by atoms with Crippen molar-refractivity contribution < 1.29 is 4.74 Å². The first-order valence-corrected chi connectivity index (χ1v) is 6.84. The molecule has 1 aliphatic carbocycles. The van der Waals surface area contributed by atoms with Crippen LogP contribution in [0.3, 0.4) is 0 Å². The molecule has 0 heterocycles. The molecule has 2 rings (SSSR count). The van der Waals surface area contributed by atoms with Crippen LogP contribution >= 0.6 is 0 Å². The predicted molar refractivity (Wildman–Crippen MR) is 77.5 cm³/mol. The third-order valence-corrected chi connectivity index (χ3v) is 4.14. The summed E-state index contributed by atoms with van der Waals surface area (Å²) in [5, 5.41) is 3.69. The number of anilines is 1. The highest BCUT2D eigenvalue weighted by molar-refractivity contribution is 5.60. The molecule has 0 spiro atoms. The van der Waals surface area contributed by atoms with E-state index < -0.39 is 0 Å². The first-order valence-electron chi connectivity index (χ1n) is 6.84. The van der Waals surface area contributed by atoms with Gasteiger partial charge in [-0.1, -0.05) is 19.9 Å². The van der Waals surface area contributed by atoms with Crippen molar-refractivity contribution >= 4 is 5.69 Å². The fourth-order valence-corrected chi connectivity index (χ4v) is 3.08. The van der Waals surface area contributed by atoms with Crippen LogP contribution in [0.1, 0.15) is 44.2 Å². The van der Waals surface area contributed by atoms with E-state index in [1.807, 2.05) is 0 Å². The Kier molecular flexibility index (Phi) is 3.56. The molecule has 0 radical (unpaired) electrons. The van der Waals surface area contributed by atoms with Gasteiger partial charge in [0.05, 0.1) is 7.11 Å². The minimum atomic E-state index is 0.486. The molecular weight excluding hydrogens is 222 g/mol. The van der Waals surface area contributed by atoms with Crippen molar-refractivity contribution in [2.75, 3.05) is 12.4 Å². The van der Waals surface area contributed by atoms with Gasteiger partial charge < -0.3 is 10.1 Å². The Morgan fingerprint density at radius 2 is 2.00 bits per heavy atom. The SMILES string of the molecule is COc1c(C)ccc(NC2CCC(C)(C)C2)c1C. The lowest BCUT2D eigenvalue weighted by Crippen LogP contribution is -2.18. The van der Waals surface area contributed by atoms with Gasteiger partial charge in [-0.05, 0) is 50.2 Å². The maximum Gasteiger partial charge on any atom is 0.126 e. The molecular formula is C16H25NO. The standard InChI is InChI=1S/C16H25NO/c1-11-6-7-14(12(2)15(11)18-5)17-13-8-9-16(3,4)10-13/h6-7,13,17H,8-10H2,1-5H3. The molecule has 0 amide bonds. The monoisotopic (exact) mass is 247 g/mol. The molecule has 18 heavy (non-hydrogen) atoms. The lowest BCUT2D eigenvalue weighted by molar-refractivity contribution is 0.378. The van der Waals surface area contributed by atoms with Gasteiger partial charge in [-0.25, -0.2) is 0 Å². The van der Waals surface area contributed by atoms with Crippen LogP contribution < -0.4 is 10.1 Å². The molecule has 2 heteroatoms. The smallest absolute Gasteiger partial charge is 0.126 e. The molecule has 0 aromatic heterocycles. The van der Waals surface area contributed by atoms with Crippen molar-refractivity contribution in [2.45, 2.75) is 53.0 Å². The predicted octanol–water partition coefficient (Wildman–Crippen LogP) is 4.30. The van der Waals surface area contributed by atoms with Crippen LogP contribution in [-0.4, -0.2) is 13.2 Å². The first-order chi connectivity index (χ1) is 8.43. The highest BCUT2D eigenvalue weighted by atomic mass is 16.5. The maximum atomic E-state index is 5.48. The van der Waals surface area contributed by atoms with Crippen LogP contribution in [0.15, 0.2) is 12.1 Å². The first kappa shape index (κ1) is 13.3. The molecule has 0 bridgehead atoms. The van der Waals surface area contributed by atoms with Crippen molar-refractivity contribution in [3.8, 4) is 5.75 Å². The second-order valence-corrected chi connectivity index (χ2v) is 6.34. The van der Waals surface area contributed by atoms with Gasteiger partial charge in [0.2, 0.25) is 0 Å². The van der Waals surface area contributed by atoms with E-state index in [1.165, 1.54) is 36.1 Å². The Hall–Kier alpha value is -1.18. The quantitative estimate of drug-likeness (QED) is 0.859. The molecule has 1 fully saturated rings. The zero-order chi connectivity index (χ0) is 13.3. The maximum absolute atomic E-state index is 5.48. The highest BCUT2D eigenvalue weighted by Crippen LogP contribution is 2.39. The molecule has 0 saturated heterocycles. The van der Waals surface area contributed by atoms with E-state index in [2.05, 4.69) is 45.1 Å². The average molecular weight is 247 g/mol. The molecule has 1 aromatic carbocycles. The molecule has 1 aromatic rings. The van der Waals surface area contributed by atoms with Crippen molar-refractivity contribution in [1.29, 1.82) is 0 Å². The van der Waals surface area contributed by atoms with E-state index in [1.54, 1.807) is 7.11 Å². The van der Waals surface area contributed by atoms with Crippen LogP contribution in [0.2, 0.25) is 0 Å². The molecule has 1 saturated carbocycles. The molecule has 1 unspecified atom stereocenters. The second kappa shape index (κ2) is 4.83. The minimum Gasteiger partial charge on any atom is -0.496 e. The normalized spacial score (nSPS) is 21.9. The third kappa shape index (κ3) is 2.63. The number of benzene rings is 1. The van der Waals surface area contributed by atoms with Gasteiger partial charge in [0.25, 0.3) is 0 Å². The summed E-state index contributed by atoms with van der Waals surface area (Å²) >= 11 is 0. The van der Waals surface area contributed by atoms with Crippen LogP contribution in [0, 0.1) is 19.3 Å². The second-order valence-electron chi connectivity index (χ2n) is 6.34. The van der Waals surface area contributed by atoms with Crippen molar-refractivity contribution in [3.05, 3.63) is 23.3 Å². The Labute approximate surface area is 111 Å². The zero-order valence-electron chi connectivity index (χ0n) is 12.3. The fourth-order valence-electron chi connectivity index (χ4n) is 3.08. The van der Waals surface area contributed by atoms with E-state index >= 15 is 0 Å². The Morgan fingerprint density at radius 1 is 1.28 bits per heavy atom. The summed E-state index contributed by atoms with van der Waals surface area (Å²) in [7, 11) is 1.75. The fraction of sp³-hybridized carbons (Fsp3) is 0.625. The van der Waals surface area contributed by atoms with Gasteiger partial charge in [-0.2, -0.15) is 0 Å². The molecule has 1 aliphatic rings. The Morgan fingerprint density at radius 3 is 2.56 bits per heavy atom. The summed E-state index contributed by atoms with van der Waals surface area (Å²) in [5.74, 6) is 1.01. The topological polar surface area (TPSA) is 21.3 Å². The van der Waals surface area contributed by atoms with Gasteiger partial charge in [-0.15, -0.1) is 0 Å². The molecule has 0 aliphatic heterocycles. The number of hydrogen-bond donors (Lipinski definition) is 1. The molecule has 2 nitrogen and oxygen atoms in total. The number of methoxy groups -OCH3 is 1. The molecule has 1 N–H and O–H groups in total. The number of ether oxygens (including phenoxy) is 1. The van der Waals surface area contributed by atoms with Crippen molar-refractivity contribution in [3.63, 3.8) is 0 Å². The molecule has 100 valence electrons. The van der Waals surface area contributed by atoms with Gasteiger partial charge in [0, 0.05) is 17.3 Å². The zero-order valence-corrected chi connectivity index (χ0v) is 12.3. The Balaban J connectivity index is 2.15. The van der Waals surface area contributed by atoms with Gasteiger partial charge in [0.1, 0.15) is 5.75 Å². The summed E-state index contributed by atoms with van der Waals surface area (Å²) in [4.78, 5) is 0. The van der Waals surface area contributed by atoms with Crippen LogP contribution in [0.4, 0.5) is 5.69 Å². The van der Waals surface area contributed by atoms with Crippen LogP contribution in [-0.2, 0) is 0 Å². The van der Waals surface area contributed by atoms with Crippen LogP contribution in [0.5, 0.6) is 5.75 Å². The van der Waals surface area contributed by atoms with Gasteiger partial charge in [0.15, 0.2) is 0 Å². The van der Waals surface area contributed by atoms with E-state index in [0.717, 1.165) is 5.75 Å². The Bertz CT molecular complexity index is 437. The summed E-state index contributed by atoms with van der Waals surface area (Å²) in [6.07, 6.45) is 3.83. The van der Waals surface area contributed by atoms with E-state index in [4.69, 9.17) is 4.74 Å². The number of nitrogens with one attached hydrogen (secondary N) is 1. The van der Waals surface area contributed by atoms with Crippen molar-refractivity contribution in [1.82, 2.24) is 0 Å². The summed E-state index contributed by atoms with van der Waals surface area (Å²) in [6, 6.07) is 4.92. The lowest BCUT2D eigenvalue weighted by Gasteiger charge is -2.21. The summed E-state index contributed by atoms with van der Waals surface area (Å²) < 4.78 is 5.48. The largest absolute Gasteiger partial charge is 0.496 e. The summed E-state index contributed by atoms with van der Waals surface area (Å²) in [5.41, 5.74) is 4.13. The minimum absolute atomic E-state index is 0.486. The average Bonchev–Trinajstić information content (AvgIpc) is 2.63. The lowest BCUT2D eigenvalue weighted by atomic mass is 9.92. The van der Waals surface area contributed by atoms with E-state index in [9.17, 15) is 0 Å². The highest BCUT2D eigenvalue weighted by Gasteiger charge is 2.31. The van der Waals surface area contributed by atoms with Gasteiger partial charge >= 0.3 is 0 Å². The molecule has 1 atom stereocenters. The summed E-state index contributed by atoms with van der Waals surface area (Å²) in [6.45, 7) is 8.94. The van der Waals surface area contributed by atoms with Crippen molar-refractivity contribution in [2.24, 2.45) is 5.41 Å². The number of aryl methyl sites for hydroxylation is 1. The van der Waals surface area contributed by atoms with Gasteiger partial charge in [-0.3, -0.25) is 0 Å². The van der Waals surface area contributed by atoms with Crippen LogP contribution in [0.25, 0.3) is 0 Å². The number of hydrogen-bond acceptors (Lipinski definition) is 2. The third-order valence-electron chi connectivity index (χ3n) is 4.14. The van der Waals surface area contributed by atoms with E-state index in [-0.39, 0.29) is 0 Å². The number of rotatable bonds is 3.